The largest absolute Gasteiger partial charge is 0.431 e. The number of carbonyl (C=O) groups excluding carboxylic acids is 1. The van der Waals surface area contributed by atoms with Gasteiger partial charge in [0.05, 0.1) is 30.3 Å². The van der Waals surface area contributed by atoms with E-state index in [0.29, 0.717) is 5.76 Å². The smallest absolute Gasteiger partial charge is 0.313 e. The second-order valence-electron chi connectivity index (χ2n) is 10.2. The van der Waals surface area contributed by atoms with Crippen molar-refractivity contribution in [1.82, 2.24) is 0 Å². The van der Waals surface area contributed by atoms with E-state index in [0.717, 1.165) is 5.56 Å². The molecule has 5 heteroatoms. The SMILES string of the molecule is C/C=C(\OC(=O)C(C)C)[C@@H](C)[C@@H](O[C@@H](C)c1ccccc1)[C@H](C)[C@@H]1OC(C)(C)O[C@H](C)[C@@H]1C. The van der Waals surface area contributed by atoms with E-state index in [1.54, 1.807) is 0 Å². The molecule has 1 aromatic carbocycles. The zero-order valence-corrected chi connectivity index (χ0v) is 22.1. The van der Waals surface area contributed by atoms with E-state index >= 15 is 0 Å². The predicted molar refractivity (Wildman–Crippen MR) is 131 cm³/mol. The first-order chi connectivity index (χ1) is 15.4. The predicted octanol–water partition coefficient (Wildman–Crippen LogP) is 6.68. The van der Waals surface area contributed by atoms with Gasteiger partial charge in [-0.05, 0) is 46.3 Å². The Labute approximate surface area is 200 Å². The van der Waals surface area contributed by atoms with E-state index < -0.39 is 5.79 Å². The molecule has 0 radical (unpaired) electrons. The molecule has 1 fully saturated rings. The third-order valence-electron chi connectivity index (χ3n) is 6.73. The summed E-state index contributed by atoms with van der Waals surface area (Å²) in [5.41, 5.74) is 1.11. The minimum atomic E-state index is -0.669. The normalized spacial score (nSPS) is 27.0. The van der Waals surface area contributed by atoms with Crippen molar-refractivity contribution in [3.63, 3.8) is 0 Å². The minimum absolute atomic E-state index is 0.0273. The van der Waals surface area contributed by atoms with Crippen LogP contribution in [0, 0.1) is 23.7 Å². The Morgan fingerprint density at radius 2 is 1.64 bits per heavy atom. The quantitative estimate of drug-likeness (QED) is 0.304. The van der Waals surface area contributed by atoms with Crippen molar-refractivity contribution in [1.29, 1.82) is 0 Å². The van der Waals surface area contributed by atoms with Crippen LogP contribution in [0.2, 0.25) is 0 Å². The molecule has 5 nitrogen and oxygen atoms in total. The fourth-order valence-corrected chi connectivity index (χ4v) is 4.60. The lowest BCUT2D eigenvalue weighted by molar-refractivity contribution is -0.329. The van der Waals surface area contributed by atoms with Gasteiger partial charge in [0, 0.05) is 17.8 Å². The van der Waals surface area contributed by atoms with E-state index in [4.69, 9.17) is 18.9 Å². The van der Waals surface area contributed by atoms with Crippen molar-refractivity contribution < 1.29 is 23.7 Å². The van der Waals surface area contributed by atoms with Crippen LogP contribution in [-0.4, -0.2) is 30.1 Å². The molecule has 0 bridgehead atoms. The molecule has 2 rings (SSSR count). The Hall–Kier alpha value is -1.69. The van der Waals surface area contributed by atoms with Gasteiger partial charge in [-0.2, -0.15) is 0 Å². The standard InChI is InChI=1S/C28H44O5/c1-11-24(31-27(29)17(2)3)19(5)25(30-22(8)23-15-13-12-14-16-23)20(6)26-18(4)21(7)32-28(9,10)33-26/h11-22,25-26H,1-10H3/b24-11-/t18-,19+,20-,21+,22-,25+,26+/m0/s1. The van der Waals surface area contributed by atoms with E-state index in [1.165, 1.54) is 0 Å². The average molecular weight is 461 g/mol. The highest BCUT2D eigenvalue weighted by Gasteiger charge is 2.45. The topological polar surface area (TPSA) is 54.0 Å². The van der Waals surface area contributed by atoms with Gasteiger partial charge < -0.3 is 18.9 Å². The Morgan fingerprint density at radius 1 is 1.03 bits per heavy atom. The second kappa shape index (κ2) is 11.6. The van der Waals surface area contributed by atoms with Gasteiger partial charge >= 0.3 is 5.97 Å². The fraction of sp³-hybridized carbons (Fsp3) is 0.679. The van der Waals surface area contributed by atoms with Gasteiger partial charge in [-0.1, -0.05) is 65.0 Å². The van der Waals surface area contributed by atoms with Crippen molar-refractivity contribution in [2.24, 2.45) is 23.7 Å². The third-order valence-corrected chi connectivity index (χ3v) is 6.73. The number of esters is 1. The average Bonchev–Trinajstić information content (AvgIpc) is 2.77. The van der Waals surface area contributed by atoms with Crippen molar-refractivity contribution in [3.05, 3.63) is 47.7 Å². The molecule has 1 aliphatic heterocycles. The highest BCUT2D eigenvalue weighted by atomic mass is 16.7. The molecule has 0 unspecified atom stereocenters. The lowest BCUT2D eigenvalue weighted by Gasteiger charge is -2.48. The van der Waals surface area contributed by atoms with E-state index in [-0.39, 0.29) is 54.1 Å². The molecule has 1 saturated heterocycles. The van der Waals surface area contributed by atoms with Crippen LogP contribution < -0.4 is 0 Å². The lowest BCUT2D eigenvalue weighted by Crippen LogP contribution is -2.54. The molecule has 7 atom stereocenters. The summed E-state index contributed by atoms with van der Waals surface area (Å²) >= 11 is 0. The number of rotatable bonds is 9. The van der Waals surface area contributed by atoms with Crippen LogP contribution in [0.15, 0.2) is 42.2 Å². The van der Waals surface area contributed by atoms with Crippen LogP contribution in [0.25, 0.3) is 0 Å². The number of ether oxygens (including phenoxy) is 4. The Bertz CT molecular complexity index is 785. The maximum absolute atomic E-state index is 12.4. The molecule has 0 aromatic heterocycles. The molecule has 0 aliphatic carbocycles. The molecular weight excluding hydrogens is 416 g/mol. The van der Waals surface area contributed by atoms with Crippen molar-refractivity contribution >= 4 is 5.97 Å². The summed E-state index contributed by atoms with van der Waals surface area (Å²) in [5.74, 6) is -0.397. The molecule has 0 saturated carbocycles. The van der Waals surface area contributed by atoms with Gasteiger partial charge in [0.2, 0.25) is 0 Å². The summed E-state index contributed by atoms with van der Waals surface area (Å²) in [6, 6.07) is 10.2. The minimum Gasteiger partial charge on any atom is -0.431 e. The van der Waals surface area contributed by atoms with Gasteiger partial charge in [0.25, 0.3) is 0 Å². The van der Waals surface area contributed by atoms with Crippen molar-refractivity contribution in [2.45, 2.75) is 99.4 Å². The van der Waals surface area contributed by atoms with Crippen LogP contribution in [0.3, 0.4) is 0 Å². The van der Waals surface area contributed by atoms with Gasteiger partial charge in [-0.15, -0.1) is 0 Å². The molecule has 1 aliphatic rings. The third kappa shape index (κ3) is 7.14. The molecule has 0 spiro atoms. The molecule has 1 aromatic rings. The van der Waals surface area contributed by atoms with Gasteiger partial charge in [-0.25, -0.2) is 0 Å². The second-order valence-corrected chi connectivity index (χ2v) is 10.2. The van der Waals surface area contributed by atoms with E-state index in [9.17, 15) is 4.79 Å². The first-order valence-electron chi connectivity index (χ1n) is 12.3. The summed E-state index contributed by atoms with van der Waals surface area (Å²) < 4.78 is 25.0. The molecule has 0 amide bonds. The van der Waals surface area contributed by atoms with Crippen LogP contribution in [0.4, 0.5) is 0 Å². The maximum atomic E-state index is 12.4. The zero-order valence-electron chi connectivity index (χ0n) is 22.1. The van der Waals surface area contributed by atoms with Crippen LogP contribution >= 0.6 is 0 Å². The molecular formula is C28H44O5. The number of hydrogen-bond donors (Lipinski definition) is 0. The summed E-state index contributed by atoms with van der Waals surface area (Å²) in [4.78, 5) is 12.4. The summed E-state index contributed by atoms with van der Waals surface area (Å²) in [6.07, 6.45) is 1.50. The highest BCUT2D eigenvalue weighted by Crippen LogP contribution is 2.39. The lowest BCUT2D eigenvalue weighted by atomic mass is 9.80. The highest BCUT2D eigenvalue weighted by molar-refractivity contribution is 5.72. The molecule has 186 valence electrons. The summed E-state index contributed by atoms with van der Waals surface area (Å²) in [6.45, 7) is 20.1. The van der Waals surface area contributed by atoms with E-state index in [1.807, 2.05) is 58.9 Å². The number of hydrogen-bond acceptors (Lipinski definition) is 5. The van der Waals surface area contributed by atoms with Crippen LogP contribution in [-0.2, 0) is 23.7 Å². The Balaban J connectivity index is 2.37. The Kier molecular flexibility index (Phi) is 9.71. The maximum Gasteiger partial charge on any atom is 0.313 e. The fourth-order valence-electron chi connectivity index (χ4n) is 4.60. The number of carbonyl (C=O) groups is 1. The summed E-state index contributed by atoms with van der Waals surface area (Å²) in [7, 11) is 0. The number of benzene rings is 1. The van der Waals surface area contributed by atoms with E-state index in [2.05, 4.69) is 46.8 Å². The molecule has 33 heavy (non-hydrogen) atoms. The van der Waals surface area contributed by atoms with Crippen LogP contribution in [0.1, 0.15) is 80.9 Å². The zero-order chi connectivity index (χ0) is 24.9. The van der Waals surface area contributed by atoms with Crippen LogP contribution in [0.5, 0.6) is 0 Å². The first kappa shape index (κ1) is 27.6. The van der Waals surface area contributed by atoms with Gasteiger partial charge in [0.15, 0.2) is 5.79 Å². The van der Waals surface area contributed by atoms with Gasteiger partial charge in [-0.3, -0.25) is 4.79 Å². The number of allylic oxidation sites excluding steroid dienone is 1. The Morgan fingerprint density at radius 3 is 2.18 bits per heavy atom. The molecule has 0 N–H and O–H groups in total. The van der Waals surface area contributed by atoms with Crippen molar-refractivity contribution in [2.75, 3.05) is 0 Å². The van der Waals surface area contributed by atoms with Crippen molar-refractivity contribution in [3.8, 4) is 0 Å². The monoisotopic (exact) mass is 460 g/mol. The summed E-state index contributed by atoms with van der Waals surface area (Å²) in [5, 5.41) is 0. The first-order valence-corrected chi connectivity index (χ1v) is 12.3. The molecule has 1 heterocycles. The van der Waals surface area contributed by atoms with Gasteiger partial charge in [0.1, 0.15) is 5.76 Å².